The quantitative estimate of drug-likeness (QED) is 0.575. The first-order valence-electron chi connectivity index (χ1n) is 5.14. The number of rotatable bonds is 2. The van der Waals surface area contributed by atoms with Crippen LogP contribution in [0.2, 0.25) is 0 Å². The Morgan fingerprint density at radius 1 is 1.25 bits per heavy atom. The van der Waals surface area contributed by atoms with Gasteiger partial charge in [-0.3, -0.25) is 10.7 Å². The highest BCUT2D eigenvalue weighted by Crippen LogP contribution is 2.15. The Bertz CT molecular complexity index is 433. The van der Waals surface area contributed by atoms with Crippen LogP contribution in [0.25, 0.3) is 0 Å². The lowest BCUT2D eigenvalue weighted by atomic mass is 10.0. The number of hydrogen-bond donors (Lipinski definition) is 2. The van der Waals surface area contributed by atoms with Crippen molar-refractivity contribution in [3.63, 3.8) is 0 Å². The molecule has 0 saturated carbocycles. The molecule has 0 aliphatic heterocycles. The fraction of sp³-hybridized carbons (Fsp3) is 0.154. The second-order valence-electron chi connectivity index (χ2n) is 3.77. The maximum atomic E-state index is 9.84. The van der Waals surface area contributed by atoms with Gasteiger partial charge in [0.1, 0.15) is 6.04 Å². The third-order valence-corrected chi connectivity index (χ3v) is 2.43. The van der Waals surface area contributed by atoms with Gasteiger partial charge >= 0.3 is 0 Å². The minimum Gasteiger partial charge on any atom is -0.370 e. The molecule has 0 saturated heterocycles. The van der Waals surface area contributed by atoms with E-state index in [2.05, 4.69) is 4.99 Å². The van der Waals surface area contributed by atoms with Crippen LogP contribution in [-0.2, 0) is 0 Å². The van der Waals surface area contributed by atoms with E-state index >= 15 is 0 Å². The first-order valence-corrected chi connectivity index (χ1v) is 5.14. The van der Waals surface area contributed by atoms with Gasteiger partial charge in [-0.05, 0) is 11.6 Å². The number of hydrogen-bond acceptors (Lipinski definition) is 3. The van der Waals surface area contributed by atoms with Crippen LogP contribution in [0.5, 0.6) is 0 Å². The number of allylic oxidation sites excluding steroid dienone is 2. The highest BCUT2D eigenvalue weighted by molar-refractivity contribution is 5.79. The minimum absolute atomic E-state index is 0.433. The smallest absolute Gasteiger partial charge is 0.159 e. The van der Waals surface area contributed by atoms with E-state index < -0.39 is 11.8 Å². The lowest BCUT2D eigenvalue weighted by Crippen LogP contribution is -2.48. The van der Waals surface area contributed by atoms with Gasteiger partial charge in [0.25, 0.3) is 0 Å². The Balaban J connectivity index is 2.13. The van der Waals surface area contributed by atoms with E-state index in [0.717, 1.165) is 5.56 Å². The van der Waals surface area contributed by atoms with E-state index in [4.69, 9.17) is 5.73 Å². The molecule has 82 valence electrons. The Morgan fingerprint density at radius 2 is 2.00 bits per heavy atom. The topological polar surface area (TPSA) is 58.6 Å². The molecule has 2 unspecified atom stereocenters. The maximum Gasteiger partial charge on any atom is 0.159 e. The Kier molecular flexibility index (Phi) is 2.99. The Hall–Kier alpha value is -1.71. The molecule has 2 rings (SSSR count). The van der Waals surface area contributed by atoms with Crippen molar-refractivity contribution in [1.29, 1.82) is 0 Å². The normalized spacial score (nSPS) is 28.8. The van der Waals surface area contributed by atoms with Crippen molar-refractivity contribution in [3.8, 4) is 0 Å². The first-order chi connectivity index (χ1) is 7.68. The van der Waals surface area contributed by atoms with Gasteiger partial charge in [-0.25, -0.2) is 0 Å². The lowest BCUT2D eigenvalue weighted by Gasteiger charge is -2.26. The lowest BCUT2D eigenvalue weighted by molar-refractivity contribution is 0.0844. The van der Waals surface area contributed by atoms with Gasteiger partial charge in [-0.15, -0.1) is 0 Å². The van der Waals surface area contributed by atoms with Gasteiger partial charge in [-0.1, -0.05) is 48.6 Å². The van der Waals surface area contributed by atoms with Crippen LogP contribution in [-0.4, -0.2) is 23.1 Å². The maximum absolute atomic E-state index is 9.84. The summed E-state index contributed by atoms with van der Waals surface area (Å²) in [5.74, 6) is 0. The highest BCUT2D eigenvalue weighted by atomic mass is 16.3. The predicted octanol–water partition coefficient (Wildman–Crippen LogP) is 1.25. The molecule has 0 fully saturated rings. The van der Waals surface area contributed by atoms with Crippen LogP contribution in [0.4, 0.5) is 0 Å². The summed E-state index contributed by atoms with van der Waals surface area (Å²) in [6.07, 6.45) is 8.58. The van der Waals surface area contributed by atoms with Crippen LogP contribution >= 0.6 is 0 Å². The standard InChI is InChI=1S/C13H14N2O/c14-13(16)9-5-4-8-12(13)15-10-11-6-2-1-3-7-11/h1-10,12,16H,14H2. The molecular weight excluding hydrogens is 200 g/mol. The van der Waals surface area contributed by atoms with Crippen molar-refractivity contribution in [2.24, 2.45) is 10.7 Å². The van der Waals surface area contributed by atoms with Gasteiger partial charge in [0.05, 0.1) is 0 Å². The average Bonchev–Trinajstić information content (AvgIpc) is 2.28. The van der Waals surface area contributed by atoms with Crippen molar-refractivity contribution < 1.29 is 5.11 Å². The average molecular weight is 214 g/mol. The first kappa shape index (κ1) is 10.8. The van der Waals surface area contributed by atoms with Crippen molar-refractivity contribution in [2.45, 2.75) is 11.8 Å². The molecule has 3 heteroatoms. The number of nitrogens with two attached hydrogens (primary N) is 1. The van der Waals surface area contributed by atoms with Crippen molar-refractivity contribution in [3.05, 3.63) is 60.2 Å². The summed E-state index contributed by atoms with van der Waals surface area (Å²) in [5, 5.41) is 9.84. The second kappa shape index (κ2) is 4.43. The Labute approximate surface area is 94.6 Å². The van der Waals surface area contributed by atoms with E-state index in [1.165, 1.54) is 0 Å². The Morgan fingerprint density at radius 3 is 2.69 bits per heavy atom. The summed E-state index contributed by atoms with van der Waals surface area (Å²) in [7, 11) is 0. The monoisotopic (exact) mass is 214 g/mol. The number of nitrogens with zero attached hydrogens (tertiary/aromatic N) is 1. The molecule has 0 radical (unpaired) electrons. The molecule has 1 aliphatic carbocycles. The van der Waals surface area contributed by atoms with Gasteiger partial charge in [-0.2, -0.15) is 0 Å². The van der Waals surface area contributed by atoms with Gasteiger partial charge in [0.2, 0.25) is 0 Å². The van der Waals surface area contributed by atoms with Gasteiger partial charge in [0.15, 0.2) is 5.72 Å². The zero-order valence-corrected chi connectivity index (χ0v) is 8.82. The molecule has 1 aliphatic rings. The molecule has 0 aromatic heterocycles. The summed E-state index contributed by atoms with van der Waals surface area (Å²) >= 11 is 0. The third-order valence-electron chi connectivity index (χ3n) is 2.43. The van der Waals surface area contributed by atoms with Crippen molar-refractivity contribution in [2.75, 3.05) is 0 Å². The van der Waals surface area contributed by atoms with E-state index in [0.29, 0.717) is 0 Å². The fourth-order valence-corrected chi connectivity index (χ4v) is 1.51. The van der Waals surface area contributed by atoms with Crippen LogP contribution in [0.1, 0.15) is 5.56 Å². The molecule has 3 nitrogen and oxygen atoms in total. The predicted molar refractivity (Wildman–Crippen MR) is 65.2 cm³/mol. The molecule has 0 heterocycles. The molecule has 16 heavy (non-hydrogen) atoms. The largest absolute Gasteiger partial charge is 0.370 e. The summed E-state index contributed by atoms with van der Waals surface area (Å²) < 4.78 is 0. The molecule has 3 N–H and O–H groups in total. The summed E-state index contributed by atoms with van der Waals surface area (Å²) in [6.45, 7) is 0. The van der Waals surface area contributed by atoms with Crippen LogP contribution in [0, 0.1) is 0 Å². The zero-order chi connectivity index (χ0) is 11.4. The fourth-order valence-electron chi connectivity index (χ4n) is 1.51. The van der Waals surface area contributed by atoms with E-state index in [9.17, 15) is 5.11 Å². The molecular formula is C13H14N2O. The minimum atomic E-state index is -1.39. The summed E-state index contributed by atoms with van der Waals surface area (Å²) in [4.78, 5) is 4.27. The molecule has 2 atom stereocenters. The van der Waals surface area contributed by atoms with Gasteiger partial charge < -0.3 is 5.11 Å². The zero-order valence-electron chi connectivity index (χ0n) is 8.82. The molecule has 1 aromatic carbocycles. The van der Waals surface area contributed by atoms with Crippen molar-refractivity contribution in [1.82, 2.24) is 0 Å². The van der Waals surface area contributed by atoms with Crippen molar-refractivity contribution >= 4 is 6.21 Å². The SMILES string of the molecule is NC1(O)C=CC=CC1N=Cc1ccccc1. The molecule has 0 spiro atoms. The third kappa shape index (κ3) is 2.45. The second-order valence-corrected chi connectivity index (χ2v) is 3.77. The number of benzene rings is 1. The summed E-state index contributed by atoms with van der Waals surface area (Å²) in [6, 6.07) is 9.28. The van der Waals surface area contributed by atoms with Crippen LogP contribution < -0.4 is 5.73 Å². The number of aliphatic imine (C=N–C) groups is 1. The molecule has 0 amide bonds. The summed E-state index contributed by atoms with van der Waals surface area (Å²) in [5.41, 5.74) is 5.29. The molecule has 0 bridgehead atoms. The van der Waals surface area contributed by atoms with E-state index in [1.54, 1.807) is 24.4 Å². The van der Waals surface area contributed by atoms with Gasteiger partial charge in [0, 0.05) is 6.21 Å². The number of aliphatic hydroxyl groups is 1. The van der Waals surface area contributed by atoms with Crippen LogP contribution in [0.3, 0.4) is 0 Å². The van der Waals surface area contributed by atoms with E-state index in [1.807, 2.05) is 36.4 Å². The highest BCUT2D eigenvalue weighted by Gasteiger charge is 2.28. The van der Waals surface area contributed by atoms with Crippen LogP contribution in [0.15, 0.2) is 59.6 Å². The van der Waals surface area contributed by atoms with E-state index in [-0.39, 0.29) is 0 Å². The molecule has 1 aromatic rings.